The molecule has 2 unspecified atom stereocenters. The molecule has 1 aromatic carbocycles. The topological polar surface area (TPSA) is 65.7 Å². The molecule has 2 fully saturated rings. The molecule has 7 nitrogen and oxygen atoms in total. The Balaban J connectivity index is 1.10. The maximum absolute atomic E-state index is 13.2. The first-order valence-corrected chi connectivity index (χ1v) is 11.6. The van der Waals surface area contributed by atoms with E-state index in [-0.39, 0.29) is 18.0 Å². The highest BCUT2D eigenvalue weighted by molar-refractivity contribution is 5.78. The van der Waals surface area contributed by atoms with Gasteiger partial charge in [0.2, 0.25) is 11.9 Å². The quantitative estimate of drug-likeness (QED) is 0.612. The third-order valence-electron chi connectivity index (χ3n) is 7.05. The lowest BCUT2D eigenvalue weighted by molar-refractivity contribution is -0.133. The Kier molecular flexibility index (Phi) is 5.10. The number of fused-ring (bicyclic) bond motifs is 3. The molecule has 0 saturated carbocycles. The molecule has 3 aliphatic heterocycles. The molecule has 2 atom stereocenters. The van der Waals surface area contributed by atoms with Crippen LogP contribution in [0.4, 0.5) is 10.3 Å². The summed E-state index contributed by atoms with van der Waals surface area (Å²) in [6.07, 6.45) is 5.34. The second-order valence-corrected chi connectivity index (χ2v) is 9.18. The number of hydrogen-bond donors (Lipinski definition) is 0. The van der Waals surface area contributed by atoms with Gasteiger partial charge in [0, 0.05) is 37.3 Å². The molecule has 2 saturated heterocycles. The van der Waals surface area contributed by atoms with Crippen molar-refractivity contribution in [2.45, 2.75) is 37.9 Å². The monoisotopic (exact) mass is 447 g/mol. The van der Waals surface area contributed by atoms with E-state index < -0.39 is 5.82 Å². The number of anilines is 1. The minimum atomic E-state index is -0.424. The van der Waals surface area contributed by atoms with Crippen LogP contribution in [0.15, 0.2) is 53.2 Å². The second kappa shape index (κ2) is 8.26. The number of rotatable bonds is 4. The number of amides is 1. The van der Waals surface area contributed by atoms with Crippen molar-refractivity contribution in [1.82, 2.24) is 19.8 Å². The van der Waals surface area contributed by atoms with Crippen LogP contribution in [-0.4, -0.2) is 63.9 Å². The van der Waals surface area contributed by atoms with Gasteiger partial charge in [-0.15, -0.1) is 0 Å². The number of carbonyl (C=O) groups excluding carboxylic acids is 1. The van der Waals surface area contributed by atoms with E-state index in [1.807, 2.05) is 35.2 Å². The first-order chi connectivity index (χ1) is 16.1. The van der Waals surface area contributed by atoms with Gasteiger partial charge in [-0.1, -0.05) is 30.3 Å². The van der Waals surface area contributed by atoms with Crippen LogP contribution < -0.4 is 4.90 Å². The molecule has 2 aromatic heterocycles. The fraction of sp³-hybridized carbons (Fsp3) is 0.400. The van der Waals surface area contributed by atoms with Gasteiger partial charge in [0.15, 0.2) is 5.82 Å². The van der Waals surface area contributed by atoms with E-state index in [9.17, 15) is 9.18 Å². The molecule has 6 rings (SSSR count). The maximum atomic E-state index is 13.2. The Morgan fingerprint density at radius 2 is 1.82 bits per heavy atom. The van der Waals surface area contributed by atoms with Gasteiger partial charge >= 0.3 is 0 Å². The summed E-state index contributed by atoms with van der Waals surface area (Å²) in [5.41, 5.74) is 2.26. The molecule has 3 aliphatic rings. The number of piperazine rings is 1. The average molecular weight is 448 g/mol. The van der Waals surface area contributed by atoms with Crippen molar-refractivity contribution in [3.63, 3.8) is 0 Å². The Bertz CT molecular complexity index is 1140. The van der Waals surface area contributed by atoms with Crippen molar-refractivity contribution in [2.24, 2.45) is 0 Å². The number of carbonyl (C=O) groups is 1. The lowest BCUT2D eigenvalue weighted by Gasteiger charge is -2.41. The Labute approximate surface area is 191 Å². The zero-order valence-electron chi connectivity index (χ0n) is 18.4. The first-order valence-electron chi connectivity index (χ1n) is 11.6. The second-order valence-electron chi connectivity index (χ2n) is 9.18. The summed E-state index contributed by atoms with van der Waals surface area (Å²) in [6.45, 7) is 3.24. The van der Waals surface area contributed by atoms with Gasteiger partial charge in [-0.2, -0.15) is 0 Å². The SMILES string of the molecule is O=C(CN1CC2CCC(C1)N2c1ncc(F)cn1)N1CCc2cc(-c3ccccc3)oc2C1. The van der Waals surface area contributed by atoms with E-state index >= 15 is 0 Å². The molecule has 5 heterocycles. The molecule has 2 bridgehead atoms. The summed E-state index contributed by atoms with van der Waals surface area (Å²) >= 11 is 0. The van der Waals surface area contributed by atoms with Crippen molar-refractivity contribution >= 4 is 11.9 Å². The predicted molar refractivity (Wildman–Crippen MR) is 121 cm³/mol. The van der Waals surface area contributed by atoms with E-state index in [1.54, 1.807) is 0 Å². The Morgan fingerprint density at radius 1 is 1.09 bits per heavy atom. The van der Waals surface area contributed by atoms with Crippen LogP contribution in [0, 0.1) is 5.82 Å². The number of likely N-dealkylation sites (tertiary alicyclic amines) is 1. The van der Waals surface area contributed by atoms with E-state index in [0.29, 0.717) is 19.0 Å². The highest BCUT2D eigenvalue weighted by Crippen LogP contribution is 2.33. The van der Waals surface area contributed by atoms with Gasteiger partial charge in [0.25, 0.3) is 0 Å². The Morgan fingerprint density at radius 3 is 2.55 bits per heavy atom. The average Bonchev–Trinajstić information content (AvgIpc) is 3.38. The van der Waals surface area contributed by atoms with E-state index in [4.69, 9.17) is 4.42 Å². The van der Waals surface area contributed by atoms with E-state index in [1.165, 1.54) is 18.0 Å². The van der Waals surface area contributed by atoms with Crippen LogP contribution in [0.1, 0.15) is 24.2 Å². The van der Waals surface area contributed by atoms with Gasteiger partial charge in [-0.05, 0) is 30.9 Å². The summed E-state index contributed by atoms with van der Waals surface area (Å²) in [4.78, 5) is 27.9. The third kappa shape index (κ3) is 3.88. The lowest BCUT2D eigenvalue weighted by Crippen LogP contribution is -2.56. The minimum Gasteiger partial charge on any atom is -0.459 e. The predicted octanol–water partition coefficient (Wildman–Crippen LogP) is 3.11. The van der Waals surface area contributed by atoms with Crippen LogP contribution in [0.25, 0.3) is 11.3 Å². The molecule has 170 valence electrons. The van der Waals surface area contributed by atoms with E-state index in [0.717, 1.165) is 56.0 Å². The van der Waals surface area contributed by atoms with Crippen molar-refractivity contribution in [1.29, 1.82) is 0 Å². The van der Waals surface area contributed by atoms with Crippen LogP contribution in [-0.2, 0) is 17.8 Å². The van der Waals surface area contributed by atoms with Crippen LogP contribution in [0.2, 0.25) is 0 Å². The number of hydrogen-bond acceptors (Lipinski definition) is 6. The normalized spacial score (nSPS) is 22.5. The number of aromatic nitrogens is 2. The number of furan rings is 1. The number of nitrogens with zero attached hydrogens (tertiary/aromatic N) is 5. The molecule has 0 radical (unpaired) electrons. The van der Waals surface area contributed by atoms with Crippen LogP contribution in [0.3, 0.4) is 0 Å². The van der Waals surface area contributed by atoms with Gasteiger partial charge in [-0.3, -0.25) is 9.69 Å². The summed E-state index contributed by atoms with van der Waals surface area (Å²) in [5.74, 6) is 2.07. The molecule has 1 amide bonds. The van der Waals surface area contributed by atoms with Crippen LogP contribution >= 0.6 is 0 Å². The zero-order chi connectivity index (χ0) is 22.4. The summed E-state index contributed by atoms with van der Waals surface area (Å²) < 4.78 is 19.3. The fourth-order valence-corrected chi connectivity index (χ4v) is 5.45. The Hall–Kier alpha value is -3.26. The smallest absolute Gasteiger partial charge is 0.237 e. The lowest BCUT2D eigenvalue weighted by atomic mass is 10.1. The number of halogens is 1. The van der Waals surface area contributed by atoms with Crippen molar-refractivity contribution < 1.29 is 13.6 Å². The highest BCUT2D eigenvalue weighted by atomic mass is 19.1. The zero-order valence-corrected chi connectivity index (χ0v) is 18.4. The van der Waals surface area contributed by atoms with Crippen molar-refractivity contribution in [3.8, 4) is 11.3 Å². The first kappa shape index (κ1) is 20.4. The van der Waals surface area contributed by atoms with Gasteiger partial charge in [-0.25, -0.2) is 14.4 Å². The molecular formula is C25H26FN5O2. The van der Waals surface area contributed by atoms with E-state index in [2.05, 4.69) is 25.8 Å². The molecule has 3 aromatic rings. The van der Waals surface area contributed by atoms with Crippen LogP contribution in [0.5, 0.6) is 0 Å². The molecule has 8 heteroatoms. The van der Waals surface area contributed by atoms with Crippen molar-refractivity contribution in [2.75, 3.05) is 31.1 Å². The summed E-state index contributed by atoms with van der Waals surface area (Å²) in [6, 6.07) is 12.7. The number of benzene rings is 1. The summed E-state index contributed by atoms with van der Waals surface area (Å²) in [7, 11) is 0. The van der Waals surface area contributed by atoms with Gasteiger partial charge < -0.3 is 14.2 Å². The summed E-state index contributed by atoms with van der Waals surface area (Å²) in [5, 5.41) is 0. The minimum absolute atomic E-state index is 0.143. The standard InChI is InChI=1S/C25H26FN5O2/c26-19-11-27-25(28-12-19)31-20-6-7-21(31)14-29(13-20)16-24(32)30-9-8-18-10-22(33-23(18)15-30)17-4-2-1-3-5-17/h1-5,10-12,20-21H,6-9,13-16H2. The molecular weight excluding hydrogens is 421 g/mol. The molecule has 0 spiro atoms. The highest BCUT2D eigenvalue weighted by Gasteiger charge is 2.42. The molecule has 0 aliphatic carbocycles. The third-order valence-corrected chi connectivity index (χ3v) is 7.05. The molecule has 33 heavy (non-hydrogen) atoms. The van der Waals surface area contributed by atoms with Crippen molar-refractivity contribution in [3.05, 3.63) is 65.9 Å². The molecule has 0 N–H and O–H groups in total. The van der Waals surface area contributed by atoms with Gasteiger partial charge in [0.1, 0.15) is 11.5 Å². The maximum Gasteiger partial charge on any atom is 0.237 e. The largest absolute Gasteiger partial charge is 0.459 e. The fourth-order valence-electron chi connectivity index (χ4n) is 5.45. The van der Waals surface area contributed by atoms with Gasteiger partial charge in [0.05, 0.1) is 25.5 Å².